The second-order valence-corrected chi connectivity index (χ2v) is 9.33. The number of nitrogens with one attached hydrogen (secondary N) is 3. The van der Waals surface area contributed by atoms with Gasteiger partial charge in [0.25, 0.3) is 5.91 Å². The average molecular weight is 544 g/mol. The molecule has 198 valence electrons. The molecule has 3 aromatic carbocycles. The van der Waals surface area contributed by atoms with E-state index in [2.05, 4.69) is 35.5 Å². The summed E-state index contributed by atoms with van der Waals surface area (Å²) in [4.78, 5) is 28.9. The standard InChI is InChI=1S/C31H19F2N7O/c32-23-9-5-4-8-21(23)22-12-13-35-29-27(22)37-30(38-29)28-25-24(39-40-28)11-10-20(26(25)33)18-14-19(16-34-15-18)36-31(41)17-6-2-1-3-7-17/h1-16H,(H,36,41)(H,39,40)(H,35,37,38). The minimum Gasteiger partial charge on any atom is -0.321 e. The van der Waals surface area contributed by atoms with Crippen LogP contribution in [0.1, 0.15) is 10.4 Å². The van der Waals surface area contributed by atoms with Gasteiger partial charge in [0.2, 0.25) is 0 Å². The van der Waals surface area contributed by atoms with Crippen molar-refractivity contribution >= 4 is 33.7 Å². The Morgan fingerprint density at radius 1 is 0.854 bits per heavy atom. The molecule has 8 nitrogen and oxygen atoms in total. The fourth-order valence-electron chi connectivity index (χ4n) is 4.84. The summed E-state index contributed by atoms with van der Waals surface area (Å²) < 4.78 is 30.7. The summed E-state index contributed by atoms with van der Waals surface area (Å²) in [6.45, 7) is 0. The van der Waals surface area contributed by atoms with Crippen LogP contribution in [0, 0.1) is 11.6 Å². The van der Waals surface area contributed by atoms with Crippen molar-refractivity contribution in [3.63, 3.8) is 0 Å². The van der Waals surface area contributed by atoms with Crippen LogP contribution in [-0.2, 0) is 0 Å². The smallest absolute Gasteiger partial charge is 0.255 e. The zero-order valence-corrected chi connectivity index (χ0v) is 21.2. The van der Waals surface area contributed by atoms with E-state index in [0.717, 1.165) is 0 Å². The van der Waals surface area contributed by atoms with E-state index in [0.29, 0.717) is 44.6 Å². The number of H-pyrrole nitrogens is 2. The number of anilines is 1. The molecular formula is C31H19F2N7O. The summed E-state index contributed by atoms with van der Waals surface area (Å²) >= 11 is 0. The number of halogens is 2. The van der Waals surface area contributed by atoms with Crippen LogP contribution in [-0.4, -0.2) is 36.0 Å². The van der Waals surface area contributed by atoms with Crippen LogP contribution >= 0.6 is 0 Å². The van der Waals surface area contributed by atoms with Crippen molar-refractivity contribution in [1.29, 1.82) is 0 Å². The molecule has 3 N–H and O–H groups in total. The van der Waals surface area contributed by atoms with Crippen LogP contribution in [0.2, 0.25) is 0 Å². The van der Waals surface area contributed by atoms with Gasteiger partial charge in [-0.3, -0.25) is 14.9 Å². The molecule has 10 heteroatoms. The normalized spacial score (nSPS) is 11.3. The minimum atomic E-state index is -0.540. The molecule has 0 radical (unpaired) electrons. The first-order valence-corrected chi connectivity index (χ1v) is 12.7. The van der Waals surface area contributed by atoms with E-state index < -0.39 is 5.82 Å². The Bertz CT molecular complexity index is 2090. The molecule has 7 rings (SSSR count). The number of benzene rings is 3. The zero-order chi connectivity index (χ0) is 27.9. The molecule has 0 aliphatic heterocycles. The van der Waals surface area contributed by atoms with Crippen molar-refractivity contribution < 1.29 is 13.6 Å². The van der Waals surface area contributed by atoms with E-state index in [4.69, 9.17) is 0 Å². The van der Waals surface area contributed by atoms with E-state index in [1.165, 1.54) is 18.5 Å². The third kappa shape index (κ3) is 4.27. The maximum atomic E-state index is 16.2. The Hall–Kier alpha value is -5.77. The average Bonchev–Trinajstić information content (AvgIpc) is 3.63. The van der Waals surface area contributed by atoms with Gasteiger partial charge in [0.15, 0.2) is 11.5 Å². The molecule has 0 aliphatic rings. The van der Waals surface area contributed by atoms with Gasteiger partial charge < -0.3 is 10.3 Å². The number of aromatic amines is 2. The van der Waals surface area contributed by atoms with Crippen LogP contribution < -0.4 is 5.32 Å². The molecule has 0 unspecified atom stereocenters. The first-order chi connectivity index (χ1) is 20.1. The highest BCUT2D eigenvalue weighted by Gasteiger charge is 2.21. The molecule has 41 heavy (non-hydrogen) atoms. The lowest BCUT2D eigenvalue weighted by Gasteiger charge is -2.09. The number of carbonyl (C=O) groups excluding carboxylic acids is 1. The number of hydrogen-bond acceptors (Lipinski definition) is 5. The number of rotatable bonds is 5. The molecule has 0 atom stereocenters. The molecule has 0 spiro atoms. The van der Waals surface area contributed by atoms with E-state index in [9.17, 15) is 9.18 Å². The van der Waals surface area contributed by atoms with Crippen molar-refractivity contribution in [2.24, 2.45) is 0 Å². The monoisotopic (exact) mass is 543 g/mol. The fraction of sp³-hybridized carbons (Fsp3) is 0. The van der Waals surface area contributed by atoms with Gasteiger partial charge in [0.05, 0.1) is 22.8 Å². The number of fused-ring (bicyclic) bond motifs is 2. The van der Waals surface area contributed by atoms with Crippen LogP contribution in [0.15, 0.2) is 97.5 Å². The van der Waals surface area contributed by atoms with Gasteiger partial charge in [-0.1, -0.05) is 36.4 Å². The molecule has 7 aromatic rings. The molecule has 4 heterocycles. The van der Waals surface area contributed by atoms with Crippen LogP contribution in [0.4, 0.5) is 14.5 Å². The van der Waals surface area contributed by atoms with Crippen molar-refractivity contribution in [3.05, 3.63) is 115 Å². The van der Waals surface area contributed by atoms with E-state index in [1.807, 2.05) is 6.07 Å². The summed E-state index contributed by atoms with van der Waals surface area (Å²) in [5, 5.41) is 10.2. The fourth-order valence-corrected chi connectivity index (χ4v) is 4.84. The quantitative estimate of drug-likeness (QED) is 0.222. The molecule has 0 saturated heterocycles. The van der Waals surface area contributed by atoms with Gasteiger partial charge in [-0.2, -0.15) is 5.10 Å². The SMILES string of the molecule is O=C(Nc1cncc(-c2ccc3[nH]nc(-c4nc5c(-c6ccccc6F)ccnc5[nH]4)c3c2F)c1)c1ccccc1. The Morgan fingerprint density at radius 2 is 1.68 bits per heavy atom. The number of amides is 1. The van der Waals surface area contributed by atoms with Gasteiger partial charge in [0.1, 0.15) is 22.8 Å². The number of pyridine rings is 2. The molecule has 0 bridgehead atoms. The summed E-state index contributed by atoms with van der Waals surface area (Å²) in [6, 6.07) is 21.9. The highest BCUT2D eigenvalue weighted by atomic mass is 19.1. The van der Waals surface area contributed by atoms with Crippen molar-refractivity contribution in [2.75, 3.05) is 5.32 Å². The third-order valence-corrected chi connectivity index (χ3v) is 6.78. The first-order valence-electron chi connectivity index (χ1n) is 12.7. The highest BCUT2D eigenvalue weighted by molar-refractivity contribution is 6.04. The van der Waals surface area contributed by atoms with Gasteiger partial charge in [-0.05, 0) is 42.5 Å². The summed E-state index contributed by atoms with van der Waals surface area (Å²) in [5.74, 6) is -0.949. The van der Waals surface area contributed by atoms with E-state index in [1.54, 1.807) is 72.9 Å². The Morgan fingerprint density at radius 3 is 2.54 bits per heavy atom. The Balaban J connectivity index is 1.29. The summed E-state index contributed by atoms with van der Waals surface area (Å²) in [6.07, 6.45) is 4.58. The molecular weight excluding hydrogens is 524 g/mol. The number of carbonyl (C=O) groups is 1. The maximum absolute atomic E-state index is 16.2. The highest BCUT2D eigenvalue weighted by Crippen LogP contribution is 2.35. The second kappa shape index (κ2) is 9.76. The minimum absolute atomic E-state index is 0.215. The van der Waals surface area contributed by atoms with Gasteiger partial charge in [-0.25, -0.2) is 18.7 Å². The number of imidazole rings is 1. The predicted octanol–water partition coefficient (Wildman–Crippen LogP) is 6.76. The third-order valence-electron chi connectivity index (χ3n) is 6.78. The summed E-state index contributed by atoms with van der Waals surface area (Å²) in [5.41, 5.74) is 4.15. The maximum Gasteiger partial charge on any atom is 0.255 e. The van der Waals surface area contributed by atoms with Crippen molar-refractivity contribution in [2.45, 2.75) is 0 Å². The lowest BCUT2D eigenvalue weighted by atomic mass is 10.0. The molecule has 0 saturated carbocycles. The lowest BCUT2D eigenvalue weighted by Crippen LogP contribution is -2.11. The van der Waals surface area contributed by atoms with Crippen LogP contribution in [0.25, 0.3) is 55.8 Å². The molecule has 4 aromatic heterocycles. The van der Waals surface area contributed by atoms with Crippen molar-refractivity contribution in [3.8, 4) is 33.8 Å². The van der Waals surface area contributed by atoms with Crippen LogP contribution in [0.5, 0.6) is 0 Å². The Labute approximate surface area is 231 Å². The van der Waals surface area contributed by atoms with Gasteiger partial charge >= 0.3 is 0 Å². The van der Waals surface area contributed by atoms with Gasteiger partial charge in [0, 0.05) is 40.2 Å². The topological polar surface area (TPSA) is 112 Å². The van der Waals surface area contributed by atoms with Crippen LogP contribution in [0.3, 0.4) is 0 Å². The zero-order valence-electron chi connectivity index (χ0n) is 21.2. The van der Waals surface area contributed by atoms with Crippen molar-refractivity contribution in [1.82, 2.24) is 30.1 Å². The number of aromatic nitrogens is 6. The number of hydrogen-bond donors (Lipinski definition) is 3. The van der Waals surface area contributed by atoms with E-state index in [-0.39, 0.29) is 34.2 Å². The molecule has 0 aliphatic carbocycles. The van der Waals surface area contributed by atoms with E-state index >= 15 is 4.39 Å². The number of nitrogens with zero attached hydrogens (tertiary/aromatic N) is 4. The first kappa shape index (κ1) is 24.3. The Kier molecular flexibility index (Phi) is 5.78. The second-order valence-electron chi connectivity index (χ2n) is 9.33. The van der Waals surface area contributed by atoms with Gasteiger partial charge in [-0.15, -0.1) is 0 Å². The summed E-state index contributed by atoms with van der Waals surface area (Å²) in [7, 11) is 0. The lowest BCUT2D eigenvalue weighted by molar-refractivity contribution is 0.102. The molecule has 0 fully saturated rings. The molecule has 1 amide bonds. The largest absolute Gasteiger partial charge is 0.321 e. The predicted molar refractivity (Wildman–Crippen MR) is 152 cm³/mol.